The number of rotatable bonds is 5. The average molecular weight is 404 g/mol. The molecule has 2 aliphatic rings. The van der Waals surface area contributed by atoms with Gasteiger partial charge < -0.3 is 10.0 Å². The second kappa shape index (κ2) is 7.46. The molecule has 2 fully saturated rings. The van der Waals surface area contributed by atoms with E-state index in [4.69, 9.17) is 23.2 Å². The van der Waals surface area contributed by atoms with Crippen molar-refractivity contribution in [3.05, 3.63) is 69.7 Å². The molecule has 0 spiro atoms. The van der Waals surface area contributed by atoms with Gasteiger partial charge in [-0.25, -0.2) is 0 Å². The van der Waals surface area contributed by atoms with Crippen LogP contribution in [-0.4, -0.2) is 35.6 Å². The lowest BCUT2D eigenvalue weighted by molar-refractivity contribution is -0.140. The molecule has 1 saturated carbocycles. The maximum Gasteiger partial charge on any atom is 0.314 e. The van der Waals surface area contributed by atoms with E-state index in [2.05, 4.69) is 35.2 Å². The Morgan fingerprint density at radius 1 is 1.07 bits per heavy atom. The number of hydrogen-bond donors (Lipinski definition) is 1. The summed E-state index contributed by atoms with van der Waals surface area (Å²) in [5, 5.41) is 10.8. The van der Waals surface area contributed by atoms with E-state index in [0.717, 1.165) is 38.0 Å². The van der Waals surface area contributed by atoms with Gasteiger partial charge in [0.1, 0.15) is 0 Å². The predicted octanol–water partition coefficient (Wildman–Crippen LogP) is 5.22. The number of halogens is 2. The SMILES string of the molecule is O=C(O)C1(c2ccc(Cl)c(Cl)c2)CC1CN1CCC(c2ccccc2)CC1. The summed E-state index contributed by atoms with van der Waals surface area (Å²) in [6.07, 6.45) is 2.92. The number of hydrogen-bond acceptors (Lipinski definition) is 2. The molecule has 1 aliphatic carbocycles. The number of carboxylic acid groups (broad SMARTS) is 1. The fourth-order valence-corrected chi connectivity index (χ4v) is 4.85. The first kappa shape index (κ1) is 18.8. The zero-order valence-electron chi connectivity index (χ0n) is 15.1. The molecule has 1 heterocycles. The van der Waals surface area contributed by atoms with Gasteiger partial charge in [-0.05, 0) is 67.4 Å². The molecule has 1 N–H and O–H groups in total. The third-order valence-electron chi connectivity index (χ3n) is 6.26. The number of benzene rings is 2. The first-order valence-electron chi connectivity index (χ1n) is 9.47. The summed E-state index contributed by atoms with van der Waals surface area (Å²) in [5.74, 6) is -0.0217. The van der Waals surface area contributed by atoms with Gasteiger partial charge in [0.25, 0.3) is 0 Å². The Kier molecular flexibility index (Phi) is 5.19. The molecule has 3 nitrogen and oxygen atoms in total. The summed E-state index contributed by atoms with van der Waals surface area (Å²) in [6, 6.07) is 15.9. The van der Waals surface area contributed by atoms with E-state index in [-0.39, 0.29) is 5.92 Å². The van der Waals surface area contributed by atoms with Crippen molar-refractivity contribution in [2.24, 2.45) is 5.92 Å². The molecular weight excluding hydrogens is 381 g/mol. The van der Waals surface area contributed by atoms with Crippen molar-refractivity contribution in [1.82, 2.24) is 4.90 Å². The molecule has 4 rings (SSSR count). The van der Waals surface area contributed by atoms with Gasteiger partial charge in [0, 0.05) is 6.54 Å². The average Bonchev–Trinajstić information content (AvgIpc) is 3.40. The van der Waals surface area contributed by atoms with Crippen molar-refractivity contribution in [2.45, 2.75) is 30.6 Å². The van der Waals surface area contributed by atoms with E-state index in [1.54, 1.807) is 12.1 Å². The van der Waals surface area contributed by atoms with Crippen LogP contribution in [0.15, 0.2) is 48.5 Å². The van der Waals surface area contributed by atoms with Crippen molar-refractivity contribution in [2.75, 3.05) is 19.6 Å². The van der Waals surface area contributed by atoms with Crippen LogP contribution in [0.1, 0.15) is 36.3 Å². The van der Waals surface area contributed by atoms with E-state index in [9.17, 15) is 9.90 Å². The first-order valence-corrected chi connectivity index (χ1v) is 10.2. The van der Waals surface area contributed by atoms with Crippen LogP contribution in [0.5, 0.6) is 0 Å². The van der Waals surface area contributed by atoms with E-state index in [1.807, 2.05) is 6.07 Å². The zero-order chi connectivity index (χ0) is 19.0. The zero-order valence-corrected chi connectivity index (χ0v) is 16.6. The van der Waals surface area contributed by atoms with E-state index in [0.29, 0.717) is 22.4 Å². The largest absolute Gasteiger partial charge is 0.481 e. The van der Waals surface area contributed by atoms with Crippen molar-refractivity contribution in [3.8, 4) is 0 Å². The van der Waals surface area contributed by atoms with Gasteiger partial charge in [0.15, 0.2) is 0 Å². The summed E-state index contributed by atoms with van der Waals surface area (Å²) in [4.78, 5) is 14.5. The van der Waals surface area contributed by atoms with E-state index >= 15 is 0 Å². The monoisotopic (exact) mass is 403 g/mol. The predicted molar refractivity (Wildman–Crippen MR) is 109 cm³/mol. The van der Waals surface area contributed by atoms with Gasteiger partial charge in [-0.2, -0.15) is 0 Å². The number of carbonyl (C=O) groups is 1. The van der Waals surface area contributed by atoms with Gasteiger partial charge in [-0.15, -0.1) is 0 Å². The molecule has 0 amide bonds. The van der Waals surface area contributed by atoms with Gasteiger partial charge in [-0.3, -0.25) is 4.79 Å². The number of aliphatic carboxylic acids is 1. The Morgan fingerprint density at radius 3 is 2.41 bits per heavy atom. The smallest absolute Gasteiger partial charge is 0.314 e. The maximum absolute atomic E-state index is 12.1. The highest BCUT2D eigenvalue weighted by Crippen LogP contribution is 2.55. The van der Waals surface area contributed by atoms with E-state index in [1.165, 1.54) is 5.56 Å². The minimum Gasteiger partial charge on any atom is -0.481 e. The topological polar surface area (TPSA) is 40.5 Å². The van der Waals surface area contributed by atoms with Crippen LogP contribution in [0.3, 0.4) is 0 Å². The van der Waals surface area contributed by atoms with Crippen molar-refractivity contribution in [3.63, 3.8) is 0 Å². The van der Waals surface area contributed by atoms with Gasteiger partial charge >= 0.3 is 5.97 Å². The summed E-state index contributed by atoms with van der Waals surface area (Å²) in [6.45, 7) is 2.87. The summed E-state index contributed by atoms with van der Waals surface area (Å²) in [5.41, 5.74) is 1.37. The molecule has 2 aromatic rings. The van der Waals surface area contributed by atoms with Gasteiger partial charge in [0.05, 0.1) is 15.5 Å². The summed E-state index contributed by atoms with van der Waals surface area (Å²) >= 11 is 12.1. The maximum atomic E-state index is 12.1. The highest BCUT2D eigenvalue weighted by molar-refractivity contribution is 6.42. The van der Waals surface area contributed by atoms with Gasteiger partial charge in [-0.1, -0.05) is 59.6 Å². The Bertz CT molecular complexity index is 833. The van der Waals surface area contributed by atoms with E-state index < -0.39 is 11.4 Å². The molecular formula is C22H23Cl2NO2. The van der Waals surface area contributed by atoms with Crippen LogP contribution in [0.4, 0.5) is 0 Å². The molecule has 0 bridgehead atoms. The minimum absolute atomic E-state index is 0.125. The lowest BCUT2D eigenvalue weighted by Crippen LogP contribution is -2.36. The van der Waals surface area contributed by atoms with Crippen LogP contribution in [0, 0.1) is 5.92 Å². The molecule has 0 aromatic heterocycles. The summed E-state index contributed by atoms with van der Waals surface area (Å²) in [7, 11) is 0. The lowest BCUT2D eigenvalue weighted by Gasteiger charge is -2.32. The Hall–Kier alpha value is -1.55. The van der Waals surface area contributed by atoms with Crippen LogP contribution in [-0.2, 0) is 10.2 Å². The second-order valence-corrected chi connectivity index (χ2v) is 8.61. The molecule has 2 aromatic carbocycles. The summed E-state index contributed by atoms with van der Waals surface area (Å²) < 4.78 is 0. The highest BCUT2D eigenvalue weighted by atomic mass is 35.5. The fourth-order valence-electron chi connectivity index (χ4n) is 4.55. The first-order chi connectivity index (χ1) is 13.0. The fraction of sp³-hybridized carbons (Fsp3) is 0.409. The second-order valence-electron chi connectivity index (χ2n) is 7.79. The molecule has 0 radical (unpaired) electrons. The minimum atomic E-state index is -0.815. The molecule has 1 aliphatic heterocycles. The normalized spacial score (nSPS) is 26.1. The van der Waals surface area contributed by atoms with Crippen molar-refractivity contribution < 1.29 is 9.90 Å². The molecule has 27 heavy (non-hydrogen) atoms. The molecule has 142 valence electrons. The molecule has 5 heteroatoms. The van der Waals surface area contributed by atoms with Gasteiger partial charge in [0.2, 0.25) is 0 Å². The van der Waals surface area contributed by atoms with Crippen LogP contribution in [0.25, 0.3) is 0 Å². The third-order valence-corrected chi connectivity index (χ3v) is 7.00. The Morgan fingerprint density at radius 2 is 1.78 bits per heavy atom. The van der Waals surface area contributed by atoms with Crippen molar-refractivity contribution >= 4 is 29.2 Å². The van der Waals surface area contributed by atoms with Crippen LogP contribution < -0.4 is 0 Å². The standard InChI is InChI=1S/C22H23Cl2NO2/c23-19-7-6-17(12-20(19)24)22(21(26)27)13-18(22)14-25-10-8-16(9-11-25)15-4-2-1-3-5-15/h1-7,12,16,18H,8-11,13-14H2,(H,26,27). The molecule has 2 unspecified atom stereocenters. The van der Waals surface area contributed by atoms with Crippen LogP contribution >= 0.6 is 23.2 Å². The number of carboxylic acids is 1. The molecule has 1 saturated heterocycles. The van der Waals surface area contributed by atoms with Crippen molar-refractivity contribution in [1.29, 1.82) is 0 Å². The number of likely N-dealkylation sites (tertiary alicyclic amines) is 1. The highest BCUT2D eigenvalue weighted by Gasteiger charge is 2.61. The molecule has 2 atom stereocenters. The number of nitrogens with zero attached hydrogens (tertiary/aromatic N) is 1. The third kappa shape index (κ3) is 3.61. The van der Waals surface area contributed by atoms with Crippen LogP contribution in [0.2, 0.25) is 10.0 Å². The Labute approximate surface area is 169 Å². The Balaban J connectivity index is 1.40. The lowest BCUT2D eigenvalue weighted by atomic mass is 9.89. The quantitative estimate of drug-likeness (QED) is 0.743. The number of piperidine rings is 1.